The van der Waals surface area contributed by atoms with Gasteiger partial charge in [0.15, 0.2) is 0 Å². The maximum Gasteiger partial charge on any atom is 0.366 e. The molecule has 5 nitrogen and oxygen atoms in total. The summed E-state index contributed by atoms with van der Waals surface area (Å²) in [5.41, 5.74) is 2.01. The molecule has 0 aliphatic carbocycles. The van der Waals surface area contributed by atoms with Gasteiger partial charge in [-0.3, -0.25) is 0 Å². The van der Waals surface area contributed by atoms with Crippen LogP contribution >= 0.6 is 11.8 Å². The molecule has 0 radical (unpaired) electrons. The SMILES string of the molecule is COc1ccc2c(c1)OCC/C2=N\OC(=O)c1ccccc1SC. The highest BCUT2D eigenvalue weighted by molar-refractivity contribution is 7.98. The predicted octanol–water partition coefficient (Wildman–Crippen LogP) is 3.76. The third kappa shape index (κ3) is 3.38. The van der Waals surface area contributed by atoms with E-state index in [1.807, 2.05) is 30.5 Å². The van der Waals surface area contributed by atoms with E-state index in [9.17, 15) is 4.79 Å². The Kier molecular flexibility index (Phi) is 5.05. The van der Waals surface area contributed by atoms with Gasteiger partial charge < -0.3 is 14.3 Å². The quantitative estimate of drug-likeness (QED) is 0.481. The van der Waals surface area contributed by atoms with Gasteiger partial charge in [-0.15, -0.1) is 11.8 Å². The van der Waals surface area contributed by atoms with Gasteiger partial charge in [-0.25, -0.2) is 4.79 Å². The van der Waals surface area contributed by atoms with Crippen molar-refractivity contribution in [3.63, 3.8) is 0 Å². The fourth-order valence-corrected chi connectivity index (χ4v) is 3.02. The molecular formula is C18H17NO4S. The lowest BCUT2D eigenvalue weighted by Crippen LogP contribution is -2.17. The minimum Gasteiger partial charge on any atom is -0.497 e. The molecule has 2 aromatic rings. The zero-order chi connectivity index (χ0) is 16.9. The second-order valence-electron chi connectivity index (χ2n) is 5.08. The topological polar surface area (TPSA) is 57.1 Å². The van der Waals surface area contributed by atoms with Gasteiger partial charge in [-0.1, -0.05) is 17.3 Å². The summed E-state index contributed by atoms with van der Waals surface area (Å²) in [6.07, 6.45) is 2.50. The van der Waals surface area contributed by atoms with Gasteiger partial charge in [-0.05, 0) is 30.5 Å². The Bertz CT molecular complexity index is 788. The fourth-order valence-electron chi connectivity index (χ4n) is 2.43. The van der Waals surface area contributed by atoms with E-state index in [1.165, 1.54) is 11.8 Å². The van der Waals surface area contributed by atoms with E-state index in [-0.39, 0.29) is 0 Å². The van der Waals surface area contributed by atoms with Crippen molar-refractivity contribution in [1.29, 1.82) is 0 Å². The Morgan fingerprint density at radius 1 is 1.25 bits per heavy atom. The Morgan fingerprint density at radius 3 is 2.88 bits per heavy atom. The van der Waals surface area contributed by atoms with Crippen LogP contribution in [0.5, 0.6) is 11.5 Å². The van der Waals surface area contributed by atoms with E-state index in [1.54, 1.807) is 25.3 Å². The van der Waals surface area contributed by atoms with Crippen LogP contribution in [0.2, 0.25) is 0 Å². The second-order valence-corrected chi connectivity index (χ2v) is 5.93. The molecule has 0 fully saturated rings. The summed E-state index contributed by atoms with van der Waals surface area (Å²) >= 11 is 1.49. The van der Waals surface area contributed by atoms with Crippen LogP contribution in [0.3, 0.4) is 0 Å². The molecule has 0 saturated heterocycles. The van der Waals surface area contributed by atoms with Gasteiger partial charge in [0.25, 0.3) is 0 Å². The first kappa shape index (κ1) is 16.4. The molecule has 124 valence electrons. The number of ether oxygens (including phenoxy) is 2. The van der Waals surface area contributed by atoms with E-state index >= 15 is 0 Å². The first-order valence-corrected chi connectivity index (χ1v) is 8.68. The van der Waals surface area contributed by atoms with Crippen LogP contribution in [-0.4, -0.2) is 31.7 Å². The molecule has 0 unspecified atom stereocenters. The molecule has 0 bridgehead atoms. The van der Waals surface area contributed by atoms with Gasteiger partial charge in [0, 0.05) is 22.9 Å². The summed E-state index contributed by atoms with van der Waals surface area (Å²) in [5, 5.41) is 4.07. The number of carbonyl (C=O) groups excluding carboxylic acids is 1. The van der Waals surface area contributed by atoms with Gasteiger partial charge in [0.2, 0.25) is 0 Å². The summed E-state index contributed by atoms with van der Waals surface area (Å²) in [4.78, 5) is 18.3. The summed E-state index contributed by atoms with van der Waals surface area (Å²) in [7, 11) is 1.60. The number of rotatable bonds is 4. The number of benzene rings is 2. The molecule has 6 heteroatoms. The largest absolute Gasteiger partial charge is 0.497 e. The lowest BCUT2D eigenvalue weighted by Gasteiger charge is -2.19. The number of hydrogen-bond donors (Lipinski definition) is 0. The van der Waals surface area contributed by atoms with Crippen molar-refractivity contribution in [2.75, 3.05) is 20.0 Å². The van der Waals surface area contributed by atoms with E-state index in [4.69, 9.17) is 14.3 Å². The first-order chi connectivity index (χ1) is 11.7. The Morgan fingerprint density at radius 2 is 2.08 bits per heavy atom. The van der Waals surface area contributed by atoms with Crippen LogP contribution in [-0.2, 0) is 4.84 Å². The molecule has 0 saturated carbocycles. The van der Waals surface area contributed by atoms with Crippen molar-refractivity contribution in [2.45, 2.75) is 11.3 Å². The summed E-state index contributed by atoms with van der Waals surface area (Å²) in [6, 6.07) is 12.8. The maximum atomic E-state index is 12.3. The van der Waals surface area contributed by atoms with Crippen molar-refractivity contribution in [1.82, 2.24) is 0 Å². The third-order valence-corrected chi connectivity index (χ3v) is 4.46. The van der Waals surface area contributed by atoms with Crippen molar-refractivity contribution in [2.24, 2.45) is 5.16 Å². The fraction of sp³-hybridized carbons (Fsp3) is 0.222. The Hall–Kier alpha value is -2.47. The van der Waals surface area contributed by atoms with E-state index in [2.05, 4.69) is 5.16 Å². The normalized spacial score (nSPS) is 14.7. The monoisotopic (exact) mass is 343 g/mol. The van der Waals surface area contributed by atoms with Crippen LogP contribution in [0.15, 0.2) is 52.5 Å². The zero-order valence-electron chi connectivity index (χ0n) is 13.4. The molecule has 3 rings (SSSR count). The minimum atomic E-state index is -0.464. The van der Waals surface area contributed by atoms with E-state index in [0.717, 1.165) is 10.5 Å². The number of methoxy groups -OCH3 is 1. The number of hydrogen-bond acceptors (Lipinski definition) is 6. The van der Waals surface area contributed by atoms with Crippen LogP contribution < -0.4 is 9.47 Å². The summed E-state index contributed by atoms with van der Waals surface area (Å²) < 4.78 is 10.8. The van der Waals surface area contributed by atoms with Crippen molar-refractivity contribution >= 4 is 23.4 Å². The maximum absolute atomic E-state index is 12.3. The first-order valence-electron chi connectivity index (χ1n) is 7.45. The molecule has 1 aliphatic rings. The van der Waals surface area contributed by atoms with Crippen LogP contribution in [0.4, 0.5) is 0 Å². The molecule has 0 spiro atoms. The van der Waals surface area contributed by atoms with Gasteiger partial charge in [0.05, 0.1) is 25.0 Å². The summed E-state index contributed by atoms with van der Waals surface area (Å²) in [6.45, 7) is 0.484. The molecule has 0 aromatic heterocycles. The number of nitrogens with zero attached hydrogens (tertiary/aromatic N) is 1. The number of oxime groups is 1. The molecule has 2 aromatic carbocycles. The molecule has 1 heterocycles. The van der Waals surface area contributed by atoms with Gasteiger partial charge >= 0.3 is 5.97 Å². The van der Waals surface area contributed by atoms with Crippen LogP contribution in [0, 0.1) is 0 Å². The molecule has 0 N–H and O–H groups in total. The lowest BCUT2D eigenvalue weighted by molar-refractivity contribution is 0.0510. The smallest absolute Gasteiger partial charge is 0.366 e. The highest BCUT2D eigenvalue weighted by Crippen LogP contribution is 2.29. The number of thioether (sulfide) groups is 1. The average Bonchev–Trinajstić information content (AvgIpc) is 2.65. The molecule has 24 heavy (non-hydrogen) atoms. The number of carbonyl (C=O) groups is 1. The highest BCUT2D eigenvalue weighted by atomic mass is 32.2. The zero-order valence-corrected chi connectivity index (χ0v) is 14.3. The van der Waals surface area contributed by atoms with E-state index in [0.29, 0.717) is 35.8 Å². The van der Waals surface area contributed by atoms with Gasteiger partial charge in [-0.2, -0.15) is 0 Å². The van der Waals surface area contributed by atoms with Gasteiger partial charge in [0.1, 0.15) is 11.5 Å². The molecular weight excluding hydrogens is 326 g/mol. The average molecular weight is 343 g/mol. The highest BCUT2D eigenvalue weighted by Gasteiger charge is 2.19. The second kappa shape index (κ2) is 7.40. The molecule has 0 atom stereocenters. The lowest BCUT2D eigenvalue weighted by atomic mass is 10.0. The number of fused-ring (bicyclic) bond motifs is 1. The molecule has 0 amide bonds. The minimum absolute atomic E-state index is 0.464. The Balaban J connectivity index is 1.82. The summed E-state index contributed by atoms with van der Waals surface area (Å²) in [5.74, 6) is 0.926. The van der Waals surface area contributed by atoms with Crippen molar-refractivity contribution < 1.29 is 19.1 Å². The standard InChI is InChI=1S/C18H17NO4S/c1-21-12-7-8-13-15(9-10-22-16(13)11-12)19-23-18(20)14-5-3-4-6-17(14)24-2/h3-8,11H,9-10H2,1-2H3/b19-15+. The van der Waals surface area contributed by atoms with Crippen molar-refractivity contribution in [3.05, 3.63) is 53.6 Å². The third-order valence-electron chi connectivity index (χ3n) is 3.66. The van der Waals surface area contributed by atoms with Crippen LogP contribution in [0.1, 0.15) is 22.3 Å². The van der Waals surface area contributed by atoms with E-state index < -0.39 is 5.97 Å². The van der Waals surface area contributed by atoms with Crippen molar-refractivity contribution in [3.8, 4) is 11.5 Å². The molecule has 1 aliphatic heterocycles. The Labute approximate surface area is 144 Å². The predicted molar refractivity (Wildman–Crippen MR) is 93.3 cm³/mol. The van der Waals surface area contributed by atoms with Crippen LogP contribution in [0.25, 0.3) is 0 Å².